The van der Waals surface area contributed by atoms with E-state index in [2.05, 4.69) is 32.5 Å². The van der Waals surface area contributed by atoms with Crippen LogP contribution in [0.5, 0.6) is 0 Å². The summed E-state index contributed by atoms with van der Waals surface area (Å²) < 4.78 is 0. The molecular weight excluding hydrogens is 414 g/mol. The summed E-state index contributed by atoms with van der Waals surface area (Å²) in [6.07, 6.45) is 3.20. The summed E-state index contributed by atoms with van der Waals surface area (Å²) in [5.41, 5.74) is 4.85. The minimum Gasteiger partial charge on any atom is -0.369 e. The minimum atomic E-state index is -0.129. The van der Waals surface area contributed by atoms with E-state index in [-0.39, 0.29) is 17.6 Å². The Morgan fingerprint density at radius 1 is 1.00 bits per heavy atom. The molecule has 0 bridgehead atoms. The number of benzene rings is 2. The number of anilines is 1. The van der Waals surface area contributed by atoms with Crippen LogP contribution in [0.25, 0.3) is 22.2 Å². The second kappa shape index (κ2) is 9.56. The van der Waals surface area contributed by atoms with Gasteiger partial charge in [0.2, 0.25) is 0 Å². The summed E-state index contributed by atoms with van der Waals surface area (Å²) in [7, 11) is 1.62. The number of Topliss-reactive ketones (excluding diaryl/α,β-unsaturated/α-hetero) is 1. The Hall–Kier alpha value is -4.13. The molecule has 166 valence electrons. The number of rotatable bonds is 7. The van der Waals surface area contributed by atoms with E-state index in [4.69, 9.17) is 0 Å². The Balaban J connectivity index is 1.53. The number of aromatic nitrogens is 3. The third-order valence-electron chi connectivity index (χ3n) is 5.65. The molecule has 2 heterocycles. The standard InChI is InChI=1S/C26H25N5O2/c1-16(20-5-4-6-21-22(26(33)27-3)11-12-28-25(20)21)14-29-24-13-23(30-15-31-24)19-9-7-18(8-10-19)17(2)32/h4-13,15-16H,14H2,1-3H3,(H,27,33)(H,29,30,31)/t16-/m1/s1. The minimum absolute atomic E-state index is 0.0333. The molecule has 0 aliphatic rings. The second-order valence-corrected chi connectivity index (χ2v) is 7.89. The highest BCUT2D eigenvalue weighted by Crippen LogP contribution is 2.27. The molecular formula is C26H25N5O2. The average molecular weight is 440 g/mol. The van der Waals surface area contributed by atoms with Gasteiger partial charge in [0.1, 0.15) is 12.1 Å². The zero-order chi connectivity index (χ0) is 23.4. The Kier molecular flexibility index (Phi) is 6.40. The maximum absolute atomic E-state index is 12.2. The number of hydrogen-bond acceptors (Lipinski definition) is 6. The first kappa shape index (κ1) is 22.1. The molecule has 4 aromatic rings. The molecule has 7 nitrogen and oxygen atoms in total. The molecule has 0 fully saturated rings. The third-order valence-corrected chi connectivity index (χ3v) is 5.65. The summed E-state index contributed by atoms with van der Waals surface area (Å²) in [5.74, 6) is 0.734. The summed E-state index contributed by atoms with van der Waals surface area (Å²) >= 11 is 0. The lowest BCUT2D eigenvalue weighted by Gasteiger charge is -2.16. The van der Waals surface area contributed by atoms with E-state index in [0.717, 1.165) is 27.7 Å². The fourth-order valence-corrected chi connectivity index (χ4v) is 3.78. The van der Waals surface area contributed by atoms with Crippen molar-refractivity contribution in [2.45, 2.75) is 19.8 Å². The number of amides is 1. The maximum atomic E-state index is 12.2. The zero-order valence-corrected chi connectivity index (χ0v) is 18.8. The Morgan fingerprint density at radius 2 is 1.79 bits per heavy atom. The fraction of sp³-hybridized carbons (Fsp3) is 0.192. The molecule has 2 aromatic heterocycles. The van der Waals surface area contributed by atoms with Crippen LogP contribution in [0.1, 0.15) is 46.0 Å². The van der Waals surface area contributed by atoms with Gasteiger partial charge in [0, 0.05) is 48.3 Å². The van der Waals surface area contributed by atoms with Gasteiger partial charge in [0.25, 0.3) is 5.91 Å². The molecule has 2 N–H and O–H groups in total. The van der Waals surface area contributed by atoms with Gasteiger partial charge < -0.3 is 10.6 Å². The van der Waals surface area contributed by atoms with E-state index in [9.17, 15) is 9.59 Å². The number of pyridine rings is 1. The molecule has 33 heavy (non-hydrogen) atoms. The molecule has 0 saturated heterocycles. The predicted molar refractivity (Wildman–Crippen MR) is 130 cm³/mol. The van der Waals surface area contributed by atoms with Crippen molar-refractivity contribution in [2.24, 2.45) is 0 Å². The highest BCUT2D eigenvalue weighted by molar-refractivity contribution is 6.06. The molecule has 1 amide bonds. The number of fused-ring (bicyclic) bond motifs is 1. The van der Waals surface area contributed by atoms with Crippen molar-refractivity contribution in [1.29, 1.82) is 0 Å². The molecule has 7 heteroatoms. The van der Waals surface area contributed by atoms with Gasteiger partial charge in [-0.05, 0) is 18.6 Å². The van der Waals surface area contributed by atoms with Gasteiger partial charge in [-0.15, -0.1) is 0 Å². The maximum Gasteiger partial charge on any atom is 0.251 e. The van der Waals surface area contributed by atoms with Crippen LogP contribution >= 0.6 is 0 Å². The predicted octanol–water partition coefficient (Wildman–Crippen LogP) is 4.47. The lowest BCUT2D eigenvalue weighted by Crippen LogP contribution is -2.18. The first-order valence-electron chi connectivity index (χ1n) is 10.7. The zero-order valence-electron chi connectivity index (χ0n) is 18.8. The highest BCUT2D eigenvalue weighted by Gasteiger charge is 2.15. The van der Waals surface area contributed by atoms with Gasteiger partial charge in [-0.3, -0.25) is 14.6 Å². The summed E-state index contributed by atoms with van der Waals surface area (Å²) in [6.45, 7) is 4.29. The van der Waals surface area contributed by atoms with E-state index in [1.165, 1.54) is 6.33 Å². The van der Waals surface area contributed by atoms with Crippen LogP contribution in [-0.4, -0.2) is 40.2 Å². The quantitative estimate of drug-likeness (QED) is 0.413. The van der Waals surface area contributed by atoms with Gasteiger partial charge in [-0.25, -0.2) is 9.97 Å². The lowest BCUT2D eigenvalue weighted by atomic mass is 9.96. The number of nitrogens with one attached hydrogen (secondary N) is 2. The smallest absolute Gasteiger partial charge is 0.251 e. The van der Waals surface area contributed by atoms with Gasteiger partial charge in [-0.1, -0.05) is 49.4 Å². The monoisotopic (exact) mass is 439 g/mol. The molecule has 0 aliphatic heterocycles. The van der Waals surface area contributed by atoms with Crippen molar-refractivity contribution < 1.29 is 9.59 Å². The van der Waals surface area contributed by atoms with E-state index in [1.54, 1.807) is 38.4 Å². The van der Waals surface area contributed by atoms with Crippen LogP contribution in [0.2, 0.25) is 0 Å². The largest absolute Gasteiger partial charge is 0.369 e. The molecule has 0 saturated carbocycles. The number of carbonyl (C=O) groups is 2. The van der Waals surface area contributed by atoms with E-state index in [0.29, 0.717) is 23.5 Å². The van der Waals surface area contributed by atoms with Crippen molar-refractivity contribution in [3.8, 4) is 11.3 Å². The van der Waals surface area contributed by atoms with Crippen molar-refractivity contribution in [2.75, 3.05) is 18.9 Å². The Bertz CT molecular complexity index is 1320. The SMILES string of the molecule is CNC(=O)c1ccnc2c([C@H](C)CNc3cc(-c4ccc(C(C)=O)cc4)ncn3)cccc12. The summed E-state index contributed by atoms with van der Waals surface area (Å²) in [4.78, 5) is 37.0. The number of ketones is 1. The van der Waals surface area contributed by atoms with Crippen molar-refractivity contribution in [1.82, 2.24) is 20.3 Å². The van der Waals surface area contributed by atoms with Crippen molar-refractivity contribution in [3.63, 3.8) is 0 Å². The number of carbonyl (C=O) groups excluding carboxylic acids is 2. The van der Waals surface area contributed by atoms with E-state index < -0.39 is 0 Å². The lowest BCUT2D eigenvalue weighted by molar-refractivity contribution is 0.0963. The molecule has 0 spiro atoms. The van der Waals surface area contributed by atoms with E-state index >= 15 is 0 Å². The first-order valence-corrected chi connectivity index (χ1v) is 10.7. The number of para-hydroxylation sites is 1. The van der Waals surface area contributed by atoms with Crippen LogP contribution in [0, 0.1) is 0 Å². The van der Waals surface area contributed by atoms with Gasteiger partial charge in [0.05, 0.1) is 16.8 Å². The Labute approximate surface area is 192 Å². The molecule has 4 rings (SSSR count). The molecule has 0 radical (unpaired) electrons. The van der Waals surface area contributed by atoms with Crippen LogP contribution in [0.4, 0.5) is 5.82 Å². The fourth-order valence-electron chi connectivity index (χ4n) is 3.78. The highest BCUT2D eigenvalue weighted by atomic mass is 16.1. The van der Waals surface area contributed by atoms with Crippen LogP contribution < -0.4 is 10.6 Å². The van der Waals surface area contributed by atoms with E-state index in [1.807, 2.05) is 36.4 Å². The average Bonchev–Trinajstić information content (AvgIpc) is 2.86. The van der Waals surface area contributed by atoms with Gasteiger partial charge in [-0.2, -0.15) is 0 Å². The molecule has 0 unspecified atom stereocenters. The Morgan fingerprint density at radius 3 is 2.52 bits per heavy atom. The normalized spacial score (nSPS) is 11.7. The number of nitrogens with zero attached hydrogens (tertiary/aromatic N) is 3. The van der Waals surface area contributed by atoms with Crippen LogP contribution in [0.3, 0.4) is 0 Å². The molecule has 1 atom stereocenters. The van der Waals surface area contributed by atoms with Crippen LogP contribution in [-0.2, 0) is 0 Å². The third kappa shape index (κ3) is 4.72. The van der Waals surface area contributed by atoms with Crippen molar-refractivity contribution in [3.05, 3.63) is 83.8 Å². The van der Waals surface area contributed by atoms with Gasteiger partial charge in [0.15, 0.2) is 5.78 Å². The molecule has 0 aliphatic carbocycles. The second-order valence-electron chi connectivity index (χ2n) is 7.89. The first-order chi connectivity index (χ1) is 16.0. The topological polar surface area (TPSA) is 96.9 Å². The van der Waals surface area contributed by atoms with Gasteiger partial charge >= 0.3 is 0 Å². The molecule has 2 aromatic carbocycles. The summed E-state index contributed by atoms with van der Waals surface area (Å²) in [5, 5.41) is 6.90. The number of hydrogen-bond donors (Lipinski definition) is 2. The van der Waals surface area contributed by atoms with Crippen molar-refractivity contribution >= 4 is 28.4 Å². The van der Waals surface area contributed by atoms with Crippen LogP contribution in [0.15, 0.2) is 67.1 Å². The summed E-state index contributed by atoms with van der Waals surface area (Å²) in [6, 6.07) is 16.9.